The number of amides is 1. The van der Waals surface area contributed by atoms with E-state index in [1.54, 1.807) is 7.05 Å². The average Bonchev–Trinajstić information content (AvgIpc) is 2.99. The molecule has 0 radical (unpaired) electrons. The molecule has 6 nitrogen and oxygen atoms in total. The number of aromatic hydroxyl groups is 1. The molecule has 7 heteroatoms. The van der Waals surface area contributed by atoms with Crippen LogP contribution in [0.1, 0.15) is 28.2 Å². The summed E-state index contributed by atoms with van der Waals surface area (Å²) < 4.78 is 0. The van der Waals surface area contributed by atoms with Crippen molar-refractivity contribution in [1.82, 2.24) is 4.90 Å². The highest BCUT2D eigenvalue weighted by molar-refractivity contribution is 7.10. The molecule has 0 aliphatic carbocycles. The topological polar surface area (TPSA) is 83.7 Å². The van der Waals surface area contributed by atoms with Crippen LogP contribution >= 0.6 is 11.3 Å². The molecule has 2 rings (SSSR count). The Labute approximate surface area is 125 Å². The van der Waals surface area contributed by atoms with Crippen molar-refractivity contribution in [3.8, 4) is 5.75 Å². The number of benzene rings is 1. The molecule has 1 aromatic carbocycles. The summed E-state index contributed by atoms with van der Waals surface area (Å²) in [5.41, 5.74) is -0.548. The predicted octanol–water partition coefficient (Wildman–Crippen LogP) is 3.20. The van der Waals surface area contributed by atoms with Crippen molar-refractivity contribution in [2.75, 3.05) is 7.05 Å². The van der Waals surface area contributed by atoms with Gasteiger partial charge in [0.15, 0.2) is 0 Å². The molecule has 0 aliphatic heterocycles. The first-order valence-corrected chi connectivity index (χ1v) is 7.08. The third-order valence-electron chi connectivity index (χ3n) is 3.30. The number of hydrogen-bond acceptors (Lipinski definition) is 5. The van der Waals surface area contributed by atoms with Crippen molar-refractivity contribution in [1.29, 1.82) is 0 Å². The quantitative estimate of drug-likeness (QED) is 0.694. The number of hydrogen-bond donors (Lipinski definition) is 1. The van der Waals surface area contributed by atoms with Crippen LogP contribution in [-0.2, 0) is 0 Å². The lowest BCUT2D eigenvalue weighted by molar-refractivity contribution is -0.385. The Morgan fingerprint density at radius 1 is 1.38 bits per heavy atom. The largest absolute Gasteiger partial charge is 0.502 e. The van der Waals surface area contributed by atoms with Crippen LogP contribution in [0.25, 0.3) is 0 Å². The number of phenols is 1. The first-order chi connectivity index (χ1) is 9.93. The molecule has 0 bridgehead atoms. The Kier molecular flexibility index (Phi) is 4.23. The van der Waals surface area contributed by atoms with Crippen LogP contribution in [-0.4, -0.2) is 27.9 Å². The molecule has 0 fully saturated rings. The lowest BCUT2D eigenvalue weighted by Crippen LogP contribution is -2.29. The fourth-order valence-corrected chi connectivity index (χ4v) is 2.76. The van der Waals surface area contributed by atoms with Gasteiger partial charge in [-0.2, -0.15) is 0 Å². The van der Waals surface area contributed by atoms with Crippen LogP contribution in [0.15, 0.2) is 35.7 Å². The summed E-state index contributed by atoms with van der Waals surface area (Å²) in [4.78, 5) is 25.0. The Balaban J connectivity index is 2.32. The molecule has 21 heavy (non-hydrogen) atoms. The van der Waals surface area contributed by atoms with E-state index in [0.29, 0.717) is 0 Å². The van der Waals surface area contributed by atoms with E-state index >= 15 is 0 Å². The minimum absolute atomic E-state index is 0.0740. The maximum absolute atomic E-state index is 12.4. The second-order valence-electron chi connectivity index (χ2n) is 4.54. The maximum Gasteiger partial charge on any atom is 0.311 e. The van der Waals surface area contributed by atoms with E-state index in [0.717, 1.165) is 10.9 Å². The van der Waals surface area contributed by atoms with Gasteiger partial charge in [-0.05, 0) is 24.4 Å². The highest BCUT2D eigenvalue weighted by Crippen LogP contribution is 2.32. The molecule has 1 heterocycles. The summed E-state index contributed by atoms with van der Waals surface area (Å²) in [6.07, 6.45) is 0. The maximum atomic E-state index is 12.4. The van der Waals surface area contributed by atoms with Crippen molar-refractivity contribution in [2.45, 2.75) is 13.0 Å². The average molecular weight is 306 g/mol. The number of nitrogens with zero attached hydrogens (tertiary/aromatic N) is 2. The number of nitro benzene ring substituents is 1. The first-order valence-electron chi connectivity index (χ1n) is 6.20. The van der Waals surface area contributed by atoms with E-state index in [4.69, 9.17) is 0 Å². The summed E-state index contributed by atoms with van der Waals surface area (Å²) in [6.45, 7) is 1.86. The van der Waals surface area contributed by atoms with Crippen LogP contribution < -0.4 is 0 Å². The summed E-state index contributed by atoms with van der Waals surface area (Å²) in [7, 11) is 1.60. The number of nitro groups is 1. The molecule has 1 atom stereocenters. The summed E-state index contributed by atoms with van der Waals surface area (Å²) in [5, 5.41) is 22.6. The van der Waals surface area contributed by atoms with Crippen molar-refractivity contribution in [3.63, 3.8) is 0 Å². The zero-order valence-electron chi connectivity index (χ0n) is 11.5. The summed E-state index contributed by atoms with van der Waals surface area (Å²) >= 11 is 1.52. The van der Waals surface area contributed by atoms with Crippen LogP contribution in [0.4, 0.5) is 5.69 Å². The smallest absolute Gasteiger partial charge is 0.311 e. The van der Waals surface area contributed by atoms with Gasteiger partial charge in [0.1, 0.15) is 0 Å². The van der Waals surface area contributed by atoms with Crippen molar-refractivity contribution in [3.05, 3.63) is 56.3 Å². The van der Waals surface area contributed by atoms with Crippen LogP contribution in [0.3, 0.4) is 0 Å². The van der Waals surface area contributed by atoms with Gasteiger partial charge in [-0.15, -0.1) is 11.3 Å². The third-order valence-corrected chi connectivity index (χ3v) is 4.34. The van der Waals surface area contributed by atoms with Gasteiger partial charge in [0.2, 0.25) is 5.75 Å². The van der Waals surface area contributed by atoms with Gasteiger partial charge in [-0.25, -0.2) is 0 Å². The van der Waals surface area contributed by atoms with Crippen LogP contribution in [0, 0.1) is 10.1 Å². The number of para-hydroxylation sites is 1. The minimum atomic E-state index is -0.713. The second kappa shape index (κ2) is 5.92. The zero-order chi connectivity index (χ0) is 15.6. The highest BCUT2D eigenvalue weighted by Gasteiger charge is 2.26. The molecule has 1 unspecified atom stereocenters. The number of carbonyl (C=O) groups excluding carboxylic acids is 1. The predicted molar refractivity (Wildman–Crippen MR) is 79.6 cm³/mol. The lowest BCUT2D eigenvalue weighted by atomic mass is 10.1. The van der Waals surface area contributed by atoms with Gasteiger partial charge in [-0.3, -0.25) is 14.9 Å². The van der Waals surface area contributed by atoms with E-state index in [1.165, 1.54) is 28.4 Å². The standard InChI is InChI=1S/C14H14N2O4S/c1-9(12-7-4-8-21-12)15(2)14(18)10-5-3-6-11(13(10)17)16(19)20/h3-9,17H,1-2H3. The Morgan fingerprint density at radius 2 is 2.10 bits per heavy atom. The molecule has 1 aromatic heterocycles. The monoisotopic (exact) mass is 306 g/mol. The van der Waals surface area contributed by atoms with Crippen LogP contribution in [0.2, 0.25) is 0 Å². The molecular weight excluding hydrogens is 292 g/mol. The van der Waals surface area contributed by atoms with E-state index in [9.17, 15) is 20.0 Å². The second-order valence-corrected chi connectivity index (χ2v) is 5.52. The van der Waals surface area contributed by atoms with Crippen molar-refractivity contribution in [2.24, 2.45) is 0 Å². The fourth-order valence-electron chi connectivity index (χ4n) is 1.94. The number of thiophene rings is 1. The van der Waals surface area contributed by atoms with Gasteiger partial charge in [0, 0.05) is 18.0 Å². The Morgan fingerprint density at radius 3 is 2.67 bits per heavy atom. The lowest BCUT2D eigenvalue weighted by Gasteiger charge is -2.24. The van der Waals surface area contributed by atoms with E-state index in [1.807, 2.05) is 24.4 Å². The van der Waals surface area contributed by atoms with Gasteiger partial charge in [0.05, 0.1) is 16.5 Å². The fraction of sp³-hybridized carbons (Fsp3) is 0.214. The normalized spacial score (nSPS) is 11.9. The minimum Gasteiger partial charge on any atom is -0.502 e. The van der Waals surface area contributed by atoms with Gasteiger partial charge < -0.3 is 10.0 Å². The molecule has 0 saturated carbocycles. The van der Waals surface area contributed by atoms with Crippen molar-refractivity contribution < 1.29 is 14.8 Å². The number of rotatable bonds is 4. The molecule has 0 spiro atoms. The van der Waals surface area contributed by atoms with Crippen molar-refractivity contribution >= 4 is 22.9 Å². The molecule has 0 aliphatic rings. The Hall–Kier alpha value is -2.41. The SMILES string of the molecule is CC(c1cccs1)N(C)C(=O)c1cccc([N+](=O)[O-])c1O. The van der Waals surface area contributed by atoms with Gasteiger partial charge in [-0.1, -0.05) is 12.1 Å². The number of carbonyl (C=O) groups is 1. The molecular formula is C14H14N2O4S. The van der Waals surface area contributed by atoms with Gasteiger partial charge in [0.25, 0.3) is 5.91 Å². The first kappa shape index (κ1) is 15.0. The molecule has 0 saturated heterocycles. The highest BCUT2D eigenvalue weighted by atomic mass is 32.1. The molecule has 1 amide bonds. The molecule has 1 N–H and O–H groups in total. The molecule has 2 aromatic rings. The zero-order valence-corrected chi connectivity index (χ0v) is 12.3. The van der Waals surface area contributed by atoms with E-state index in [2.05, 4.69) is 0 Å². The summed E-state index contributed by atoms with van der Waals surface area (Å²) in [6, 6.07) is 7.54. The number of phenolic OH excluding ortho intramolecular Hbond substituents is 1. The third kappa shape index (κ3) is 2.87. The Bertz CT molecular complexity index is 670. The molecule has 110 valence electrons. The van der Waals surface area contributed by atoms with Gasteiger partial charge >= 0.3 is 5.69 Å². The van der Waals surface area contributed by atoms with E-state index in [-0.39, 0.29) is 11.6 Å². The summed E-state index contributed by atoms with van der Waals surface area (Å²) in [5.74, 6) is -1.06. The van der Waals surface area contributed by atoms with E-state index < -0.39 is 22.3 Å². The van der Waals surface area contributed by atoms with Crippen LogP contribution in [0.5, 0.6) is 5.75 Å².